The van der Waals surface area contributed by atoms with Gasteiger partial charge in [-0.05, 0) is 67.8 Å². The third-order valence-corrected chi connectivity index (χ3v) is 6.43. The van der Waals surface area contributed by atoms with Crippen LogP contribution in [0, 0.1) is 6.92 Å². The number of rotatable bonds is 5. The van der Waals surface area contributed by atoms with Gasteiger partial charge in [-0.25, -0.2) is 0 Å². The van der Waals surface area contributed by atoms with Crippen LogP contribution in [0.3, 0.4) is 0 Å². The second kappa shape index (κ2) is 9.69. The molecule has 0 saturated carbocycles. The lowest BCUT2D eigenvalue weighted by Crippen LogP contribution is -2.47. The van der Waals surface area contributed by atoms with Crippen LogP contribution in [0.15, 0.2) is 36.4 Å². The Labute approximate surface area is 205 Å². The molecule has 1 aliphatic heterocycles. The summed E-state index contributed by atoms with van der Waals surface area (Å²) in [6.07, 6.45) is -14.3. The molecule has 0 spiro atoms. The van der Waals surface area contributed by atoms with Crippen LogP contribution in [0.4, 0.5) is 39.5 Å². The first-order valence-electron chi connectivity index (χ1n) is 9.78. The van der Waals surface area contributed by atoms with E-state index in [0.717, 1.165) is 6.07 Å². The number of benzene rings is 2. The summed E-state index contributed by atoms with van der Waals surface area (Å²) in [5, 5.41) is 2.99. The minimum Gasteiger partial charge on any atom is -0.311 e. The van der Waals surface area contributed by atoms with Crippen LogP contribution in [0.1, 0.15) is 46.2 Å². The van der Waals surface area contributed by atoms with E-state index in [1.807, 2.05) is 0 Å². The molecule has 13 heteroatoms. The molecular formula is C21H17F9INOS. The summed E-state index contributed by atoms with van der Waals surface area (Å²) in [6.45, 7) is 1.72. The van der Waals surface area contributed by atoms with Gasteiger partial charge in [0, 0.05) is 27.2 Å². The van der Waals surface area contributed by atoms with Gasteiger partial charge in [-0.1, -0.05) is 11.6 Å². The topological polar surface area (TPSA) is 21.3 Å². The Morgan fingerprint density at radius 1 is 0.765 bits per heavy atom. The summed E-state index contributed by atoms with van der Waals surface area (Å²) in [7, 11) is 0.617. The molecule has 0 amide bonds. The van der Waals surface area contributed by atoms with Crippen LogP contribution in [-0.2, 0) is 28.3 Å². The molecule has 1 aliphatic rings. The number of nitrogens with one attached hydrogen (secondary N) is 1. The van der Waals surface area contributed by atoms with E-state index in [1.165, 1.54) is 13.0 Å². The Hall–Kier alpha value is -1.19. The van der Waals surface area contributed by atoms with Crippen molar-refractivity contribution in [2.75, 3.05) is 6.54 Å². The third kappa shape index (κ3) is 5.62. The van der Waals surface area contributed by atoms with E-state index in [1.54, 1.807) is 21.2 Å². The van der Waals surface area contributed by atoms with Gasteiger partial charge in [0.1, 0.15) is 5.60 Å². The smallest absolute Gasteiger partial charge is 0.311 e. The maximum Gasteiger partial charge on any atom is 0.416 e. The van der Waals surface area contributed by atoms with Crippen LogP contribution < -0.4 is 5.32 Å². The lowest BCUT2D eigenvalue weighted by molar-refractivity contribution is -0.143. The fourth-order valence-electron chi connectivity index (χ4n) is 4.14. The van der Waals surface area contributed by atoms with Crippen molar-refractivity contribution in [2.45, 2.75) is 49.9 Å². The first kappa shape index (κ1) is 27.4. The van der Waals surface area contributed by atoms with Crippen molar-refractivity contribution in [2.24, 2.45) is 0 Å². The Morgan fingerprint density at radius 2 is 1.18 bits per heavy atom. The van der Waals surface area contributed by atoms with Crippen LogP contribution in [0.2, 0.25) is 0 Å². The molecule has 0 aliphatic carbocycles. The summed E-state index contributed by atoms with van der Waals surface area (Å²) >= 11 is 1.64. The largest absolute Gasteiger partial charge is 0.416 e. The zero-order valence-corrected chi connectivity index (χ0v) is 20.2. The van der Waals surface area contributed by atoms with Gasteiger partial charge >= 0.3 is 18.5 Å². The molecule has 2 aromatic carbocycles. The first-order valence-corrected chi connectivity index (χ1v) is 13.1. The van der Waals surface area contributed by atoms with Gasteiger partial charge in [-0.15, -0.1) is 0 Å². The third-order valence-electron chi connectivity index (χ3n) is 5.56. The molecule has 2 atom stereocenters. The van der Waals surface area contributed by atoms with E-state index in [2.05, 4.69) is 5.32 Å². The molecule has 0 aromatic heterocycles. The van der Waals surface area contributed by atoms with Crippen molar-refractivity contribution >= 4 is 30.4 Å². The van der Waals surface area contributed by atoms with Gasteiger partial charge in [0.05, 0.1) is 25.9 Å². The van der Waals surface area contributed by atoms with Gasteiger partial charge in [0.2, 0.25) is 0 Å². The Bertz CT molecular complexity index is 1000. The summed E-state index contributed by atoms with van der Waals surface area (Å²) in [6, 6.07) is 2.96. The summed E-state index contributed by atoms with van der Waals surface area (Å²) in [4.78, 5) is 0. The molecular weight excluding hydrogens is 612 g/mol. The number of hydrogen-bond acceptors (Lipinski definition) is 3. The molecule has 0 bridgehead atoms. The minimum absolute atomic E-state index is 0.0229. The zero-order valence-electron chi connectivity index (χ0n) is 17.3. The summed E-state index contributed by atoms with van der Waals surface area (Å²) in [5.74, 6) is 0. The van der Waals surface area contributed by atoms with E-state index >= 15 is 0 Å². The highest BCUT2D eigenvalue weighted by Gasteiger charge is 2.49. The van der Waals surface area contributed by atoms with Gasteiger partial charge in [0.25, 0.3) is 0 Å². The maximum atomic E-state index is 13.6. The average molecular weight is 629 g/mol. The lowest BCUT2D eigenvalue weighted by Gasteiger charge is -2.39. The highest BCUT2D eigenvalue weighted by Crippen LogP contribution is 2.48. The molecule has 1 saturated heterocycles. The number of aryl methyl sites for hydroxylation is 1. The van der Waals surface area contributed by atoms with E-state index in [4.69, 9.17) is 4.18 Å². The molecule has 188 valence electrons. The quantitative estimate of drug-likeness (QED) is 0.206. The van der Waals surface area contributed by atoms with Crippen LogP contribution >= 0.6 is 30.4 Å². The van der Waals surface area contributed by atoms with Gasteiger partial charge in [-0.3, -0.25) is 4.18 Å². The molecule has 2 aromatic rings. The fraction of sp³-hybridized carbons (Fsp3) is 0.429. The van der Waals surface area contributed by atoms with E-state index in [9.17, 15) is 39.5 Å². The SMILES string of the molecule is Cc1cc(C(F)(F)F)cc(C(OSI)(c2cc(C(F)(F)F)cc(C(F)(F)F)c2)C2CCCN2)c1. The highest BCUT2D eigenvalue weighted by atomic mass is 127. The molecule has 0 radical (unpaired) electrons. The van der Waals surface area contributed by atoms with Crippen molar-refractivity contribution in [3.8, 4) is 0 Å². The highest BCUT2D eigenvalue weighted by molar-refractivity contribution is 14.2. The molecule has 1 N–H and O–H groups in total. The van der Waals surface area contributed by atoms with Gasteiger partial charge < -0.3 is 5.32 Å². The molecule has 2 unspecified atom stereocenters. The van der Waals surface area contributed by atoms with Crippen molar-refractivity contribution < 1.29 is 43.7 Å². The minimum atomic E-state index is -5.13. The lowest BCUT2D eigenvalue weighted by atomic mass is 9.77. The van der Waals surface area contributed by atoms with Crippen LogP contribution in [0.25, 0.3) is 0 Å². The van der Waals surface area contributed by atoms with Crippen molar-refractivity contribution in [1.29, 1.82) is 0 Å². The Morgan fingerprint density at radius 3 is 1.59 bits per heavy atom. The van der Waals surface area contributed by atoms with Gasteiger partial charge in [-0.2, -0.15) is 39.5 Å². The second-order valence-corrected chi connectivity index (χ2v) is 9.28. The van der Waals surface area contributed by atoms with Crippen LogP contribution in [-0.4, -0.2) is 12.6 Å². The molecule has 1 fully saturated rings. The number of halogens is 10. The first-order chi connectivity index (χ1) is 15.6. The molecule has 34 heavy (non-hydrogen) atoms. The molecule has 2 nitrogen and oxygen atoms in total. The van der Waals surface area contributed by atoms with E-state index in [0.29, 0.717) is 40.4 Å². The molecule has 1 heterocycles. The number of alkyl halides is 9. The second-order valence-electron chi connectivity index (χ2n) is 7.91. The average Bonchev–Trinajstić information content (AvgIpc) is 3.24. The maximum absolute atomic E-state index is 13.6. The zero-order chi connectivity index (χ0) is 25.5. The fourth-order valence-corrected chi connectivity index (χ4v) is 5.39. The predicted molar refractivity (Wildman–Crippen MR) is 117 cm³/mol. The van der Waals surface area contributed by atoms with Gasteiger partial charge in [0.15, 0.2) is 0 Å². The standard InChI is InChI=1S/C21H17F9INOS/c1-11-5-12(7-14(6-11)19(22,23)24)18(33-34-31,17-3-2-4-32-17)13-8-15(20(25,26)27)10-16(9-13)21(28,29)30/h5-10,17,32H,2-4H2,1H3. The monoisotopic (exact) mass is 629 g/mol. The van der Waals surface area contributed by atoms with Crippen molar-refractivity contribution in [3.05, 3.63) is 69.8 Å². The van der Waals surface area contributed by atoms with E-state index in [-0.39, 0.29) is 23.6 Å². The normalized spacial score (nSPS) is 19.3. The van der Waals surface area contributed by atoms with Crippen molar-refractivity contribution in [3.63, 3.8) is 0 Å². The summed E-state index contributed by atoms with van der Waals surface area (Å²) < 4.78 is 128. The predicted octanol–water partition coefficient (Wildman–Crippen LogP) is 8.06. The van der Waals surface area contributed by atoms with Crippen molar-refractivity contribution in [1.82, 2.24) is 5.32 Å². The van der Waals surface area contributed by atoms with Crippen LogP contribution in [0.5, 0.6) is 0 Å². The number of hydrogen-bond donors (Lipinski definition) is 1. The summed E-state index contributed by atoms with van der Waals surface area (Å²) in [5.41, 5.74) is -6.94. The van der Waals surface area contributed by atoms with E-state index < -0.39 is 52.4 Å². The Kier molecular flexibility index (Phi) is 7.81. The Balaban J connectivity index is 2.42. The molecule has 3 rings (SSSR count).